The highest BCUT2D eigenvalue weighted by Crippen LogP contribution is 2.40. The van der Waals surface area contributed by atoms with E-state index in [2.05, 4.69) is 16.0 Å². The second-order valence-corrected chi connectivity index (χ2v) is 9.54. The highest BCUT2D eigenvalue weighted by atomic mass is 16.7. The maximum absolute atomic E-state index is 11.7. The summed E-state index contributed by atoms with van der Waals surface area (Å²) in [5, 5.41) is 42.7. The van der Waals surface area contributed by atoms with Gasteiger partial charge in [0.25, 0.3) is 0 Å². The molecule has 2 aliphatic heterocycles. The number of hydrogen-bond acceptors (Lipinski definition) is 10. The Morgan fingerprint density at radius 2 is 1.71 bits per heavy atom. The van der Waals surface area contributed by atoms with Crippen molar-refractivity contribution in [3.8, 4) is 5.75 Å². The van der Waals surface area contributed by atoms with E-state index in [0.717, 1.165) is 11.3 Å². The van der Waals surface area contributed by atoms with Crippen LogP contribution in [0.4, 0.5) is 0 Å². The molecule has 1 aliphatic carbocycles. The first-order chi connectivity index (χ1) is 16.3. The summed E-state index contributed by atoms with van der Waals surface area (Å²) in [6.07, 6.45) is -4.78. The molecule has 4 rings (SSSR count). The first-order valence-electron chi connectivity index (χ1n) is 12.1. The fourth-order valence-corrected chi connectivity index (χ4v) is 5.52. The molecule has 1 aromatic carbocycles. The van der Waals surface area contributed by atoms with Crippen LogP contribution in [-0.4, -0.2) is 103 Å². The molecule has 10 atom stereocenters. The molecule has 10 unspecified atom stereocenters. The lowest BCUT2D eigenvalue weighted by atomic mass is 9.79. The second-order valence-electron chi connectivity index (χ2n) is 9.54. The van der Waals surface area contributed by atoms with E-state index in [4.69, 9.17) is 18.9 Å². The smallest absolute Gasteiger partial charge is 0.187 e. The third-order valence-corrected chi connectivity index (χ3v) is 7.16. The summed E-state index contributed by atoms with van der Waals surface area (Å²) in [7, 11) is 3.42. The topological polar surface area (TPSA) is 134 Å². The lowest BCUT2D eigenvalue weighted by Gasteiger charge is -2.57. The van der Waals surface area contributed by atoms with Gasteiger partial charge in [0.05, 0.1) is 30.9 Å². The molecule has 0 bridgehead atoms. The predicted molar refractivity (Wildman–Crippen MR) is 124 cm³/mol. The minimum absolute atomic E-state index is 0.259. The van der Waals surface area contributed by atoms with Gasteiger partial charge in [-0.2, -0.15) is 0 Å². The fraction of sp³-hybridized carbons (Fsp3) is 0.750. The Bertz CT molecular complexity index is 799. The highest BCUT2D eigenvalue weighted by molar-refractivity contribution is 5.27. The van der Waals surface area contributed by atoms with Crippen LogP contribution in [0.25, 0.3) is 0 Å². The van der Waals surface area contributed by atoms with Crippen LogP contribution >= 0.6 is 0 Å². The van der Waals surface area contributed by atoms with Crippen LogP contribution in [0.15, 0.2) is 24.3 Å². The summed E-state index contributed by atoms with van der Waals surface area (Å²) >= 11 is 0. The zero-order valence-corrected chi connectivity index (χ0v) is 20.3. The normalized spacial score (nSPS) is 42.0. The molecule has 1 saturated carbocycles. The minimum Gasteiger partial charge on any atom is -0.494 e. The molecule has 2 saturated heterocycles. The molecule has 0 aromatic heterocycles. The first-order valence-corrected chi connectivity index (χ1v) is 12.1. The van der Waals surface area contributed by atoms with Gasteiger partial charge in [-0.1, -0.05) is 12.1 Å². The van der Waals surface area contributed by atoms with E-state index >= 15 is 0 Å². The van der Waals surface area contributed by atoms with E-state index in [0.29, 0.717) is 19.6 Å². The molecule has 10 nitrogen and oxygen atoms in total. The van der Waals surface area contributed by atoms with Gasteiger partial charge in [0.1, 0.15) is 35.8 Å². The average Bonchev–Trinajstić information content (AvgIpc) is 2.80. The van der Waals surface area contributed by atoms with Crippen LogP contribution in [0.2, 0.25) is 0 Å². The second kappa shape index (κ2) is 10.7. The van der Waals surface area contributed by atoms with E-state index in [1.165, 1.54) is 0 Å². The van der Waals surface area contributed by atoms with E-state index in [-0.39, 0.29) is 12.6 Å². The first kappa shape index (κ1) is 25.7. The van der Waals surface area contributed by atoms with E-state index < -0.39 is 54.5 Å². The van der Waals surface area contributed by atoms with Gasteiger partial charge in [0.2, 0.25) is 0 Å². The van der Waals surface area contributed by atoms with Gasteiger partial charge in [-0.3, -0.25) is 0 Å². The summed E-state index contributed by atoms with van der Waals surface area (Å²) in [5.74, 6) is 0.824. The van der Waals surface area contributed by atoms with E-state index in [9.17, 15) is 15.3 Å². The predicted octanol–water partition coefficient (Wildman–Crippen LogP) is -0.895. The van der Waals surface area contributed by atoms with Gasteiger partial charge in [0.15, 0.2) is 6.29 Å². The molecule has 0 amide bonds. The zero-order chi connectivity index (χ0) is 24.5. The van der Waals surface area contributed by atoms with Gasteiger partial charge < -0.3 is 50.2 Å². The largest absolute Gasteiger partial charge is 0.494 e. The van der Waals surface area contributed by atoms with E-state index in [1.54, 1.807) is 14.1 Å². The maximum Gasteiger partial charge on any atom is 0.187 e. The Morgan fingerprint density at radius 1 is 1.00 bits per heavy atom. The molecule has 10 heteroatoms. The molecule has 6 N–H and O–H groups in total. The third kappa shape index (κ3) is 4.97. The number of hydrogen-bond donors (Lipinski definition) is 6. The van der Waals surface area contributed by atoms with Crippen molar-refractivity contribution in [1.29, 1.82) is 0 Å². The molecule has 0 spiro atoms. The molecule has 192 valence electrons. The molecule has 2 heterocycles. The molecule has 0 radical (unpaired) electrons. The lowest BCUT2D eigenvalue weighted by Crippen LogP contribution is -2.77. The van der Waals surface area contributed by atoms with Crippen LogP contribution < -0.4 is 20.7 Å². The lowest BCUT2D eigenvalue weighted by molar-refractivity contribution is -0.384. The molecule has 3 aliphatic rings. The van der Waals surface area contributed by atoms with Crippen molar-refractivity contribution in [2.24, 2.45) is 0 Å². The van der Waals surface area contributed by atoms with Crippen LogP contribution in [-0.2, 0) is 20.8 Å². The van der Waals surface area contributed by atoms with Crippen molar-refractivity contribution in [3.63, 3.8) is 0 Å². The Balaban J connectivity index is 1.46. The minimum atomic E-state index is -1.26. The van der Waals surface area contributed by atoms with Gasteiger partial charge in [-0.25, -0.2) is 0 Å². The number of fused-ring (bicyclic) bond motifs is 2. The third-order valence-electron chi connectivity index (χ3n) is 7.16. The summed E-state index contributed by atoms with van der Waals surface area (Å²) in [5.41, 5.74) is -0.191. The standard InChI is InChI=1S/C24H39N3O7/c1-5-31-15-8-6-14(7-9-15)11-27-12-24(30)10-13(2)32-23-22(24)33-20-17(26-4)18(28)16(25-3)19(29)21(20)34-23/h6-9,13,16-23,25-30H,5,10-12H2,1-4H3. The van der Waals surface area contributed by atoms with E-state index in [1.807, 2.05) is 38.1 Å². The van der Waals surface area contributed by atoms with Crippen molar-refractivity contribution < 1.29 is 34.3 Å². The average molecular weight is 482 g/mol. The number of benzene rings is 1. The van der Waals surface area contributed by atoms with Gasteiger partial charge in [-0.15, -0.1) is 0 Å². The SMILES string of the molecule is CCOc1ccc(CNCC2(O)CC(C)OC3OC4C(O)C(NC)C(O)C(NC)C4OC32)cc1. The Kier molecular flexibility index (Phi) is 8.13. The number of rotatable bonds is 8. The molecular weight excluding hydrogens is 442 g/mol. The van der Waals surface area contributed by atoms with Gasteiger partial charge in [-0.05, 0) is 45.6 Å². The number of aliphatic hydroxyl groups excluding tert-OH is 2. The van der Waals surface area contributed by atoms with Crippen LogP contribution in [0.1, 0.15) is 25.8 Å². The highest BCUT2D eigenvalue weighted by Gasteiger charge is 2.60. The molecule has 34 heavy (non-hydrogen) atoms. The Hall–Kier alpha value is -1.34. The van der Waals surface area contributed by atoms with Crippen LogP contribution in [0.3, 0.4) is 0 Å². The number of ether oxygens (including phenoxy) is 4. The molecular formula is C24H39N3O7. The summed E-state index contributed by atoms with van der Waals surface area (Å²) < 4.78 is 24.0. The Morgan fingerprint density at radius 3 is 2.35 bits per heavy atom. The summed E-state index contributed by atoms with van der Waals surface area (Å²) in [6.45, 7) is 5.29. The molecule has 1 aromatic rings. The number of likely N-dealkylation sites (N-methyl/N-ethyl adjacent to an activating group) is 2. The fourth-order valence-electron chi connectivity index (χ4n) is 5.52. The summed E-state index contributed by atoms with van der Waals surface area (Å²) in [6, 6.07) is 6.75. The quantitative estimate of drug-likeness (QED) is 0.278. The zero-order valence-electron chi connectivity index (χ0n) is 20.3. The van der Waals surface area contributed by atoms with Gasteiger partial charge in [0, 0.05) is 19.5 Å². The summed E-state index contributed by atoms with van der Waals surface area (Å²) in [4.78, 5) is 0. The number of nitrogens with one attached hydrogen (secondary N) is 3. The van der Waals surface area contributed by atoms with Crippen molar-refractivity contribution >= 4 is 0 Å². The van der Waals surface area contributed by atoms with Crippen molar-refractivity contribution in [2.45, 2.75) is 87.4 Å². The monoisotopic (exact) mass is 481 g/mol. The van der Waals surface area contributed by atoms with Crippen LogP contribution in [0.5, 0.6) is 5.75 Å². The van der Waals surface area contributed by atoms with Gasteiger partial charge >= 0.3 is 0 Å². The Labute approximate surface area is 200 Å². The van der Waals surface area contributed by atoms with Crippen LogP contribution in [0, 0.1) is 0 Å². The van der Waals surface area contributed by atoms with Crippen molar-refractivity contribution in [3.05, 3.63) is 29.8 Å². The number of aliphatic hydroxyl groups is 3. The van der Waals surface area contributed by atoms with Crippen molar-refractivity contribution in [1.82, 2.24) is 16.0 Å². The van der Waals surface area contributed by atoms with Crippen molar-refractivity contribution in [2.75, 3.05) is 27.2 Å². The maximum atomic E-state index is 11.7. The molecule has 3 fully saturated rings.